The first-order valence-corrected chi connectivity index (χ1v) is 9.87. The smallest absolute Gasteiger partial charge is 0.161 e. The van der Waals surface area contributed by atoms with Crippen molar-refractivity contribution in [2.75, 3.05) is 40.3 Å². The topological polar surface area (TPSA) is 24.9 Å². The Morgan fingerprint density at radius 2 is 1.74 bits per heavy atom. The number of rotatable bonds is 5. The van der Waals surface area contributed by atoms with Crippen molar-refractivity contribution in [3.05, 3.63) is 57.6 Å². The largest absolute Gasteiger partial charge is 0.493 e. The second kappa shape index (κ2) is 9.11. The highest BCUT2D eigenvalue weighted by atomic mass is 35.5. The van der Waals surface area contributed by atoms with Crippen LogP contribution in [0.1, 0.15) is 11.1 Å². The zero-order valence-electron chi connectivity index (χ0n) is 15.4. The minimum atomic E-state index is 0.371. The fraction of sp³-hybridized carbons (Fsp3) is 0.350. The maximum Gasteiger partial charge on any atom is 0.161 e. The van der Waals surface area contributed by atoms with Gasteiger partial charge in [-0.05, 0) is 42.9 Å². The molecule has 0 aromatic heterocycles. The van der Waals surface area contributed by atoms with Crippen LogP contribution in [-0.2, 0) is 6.61 Å². The molecule has 3 rings (SSSR count). The lowest BCUT2D eigenvalue weighted by atomic mass is 10.1. The quantitative estimate of drug-likeness (QED) is 0.657. The average Bonchev–Trinajstić information content (AvgIpc) is 2.69. The van der Waals surface area contributed by atoms with Gasteiger partial charge in [-0.25, -0.2) is 0 Å². The number of piperazine rings is 1. The van der Waals surface area contributed by atoms with E-state index in [-0.39, 0.29) is 0 Å². The summed E-state index contributed by atoms with van der Waals surface area (Å²) in [7, 11) is 3.76. The first kappa shape index (κ1) is 20.2. The minimum absolute atomic E-state index is 0.371. The molecule has 0 amide bonds. The number of methoxy groups -OCH3 is 1. The second-order valence-electron chi connectivity index (χ2n) is 6.50. The third-order valence-electron chi connectivity index (χ3n) is 4.58. The summed E-state index contributed by atoms with van der Waals surface area (Å²) in [5, 5.41) is 1.04. The van der Waals surface area contributed by atoms with Crippen molar-refractivity contribution in [3.8, 4) is 11.5 Å². The summed E-state index contributed by atoms with van der Waals surface area (Å²) >= 11 is 17.7. The lowest BCUT2D eigenvalue weighted by Crippen LogP contribution is -2.46. The molecule has 1 fully saturated rings. The number of thiocarbonyl (C=S) groups is 1. The standard InChI is InChI=1S/C20H22Cl2N2O2S/c1-23-7-9-24(10-8-23)20(27)15-4-6-18(19(12-15)25-2)26-13-14-3-5-16(21)17(22)11-14/h3-6,11-12H,7-10,13H2,1-2H3. The molecule has 7 heteroatoms. The van der Waals surface area contributed by atoms with Crippen LogP contribution in [0.2, 0.25) is 10.0 Å². The van der Waals surface area contributed by atoms with E-state index >= 15 is 0 Å². The Hall–Kier alpha value is -1.53. The lowest BCUT2D eigenvalue weighted by molar-refractivity contribution is 0.218. The molecule has 1 aliphatic rings. The van der Waals surface area contributed by atoms with Gasteiger partial charge in [0.15, 0.2) is 11.5 Å². The summed E-state index contributed by atoms with van der Waals surface area (Å²) in [5.74, 6) is 1.32. The van der Waals surface area contributed by atoms with E-state index in [2.05, 4.69) is 16.8 Å². The van der Waals surface area contributed by atoms with Gasteiger partial charge in [0, 0.05) is 31.7 Å². The molecular formula is C20H22Cl2N2O2S. The number of hydrogen-bond donors (Lipinski definition) is 0. The highest BCUT2D eigenvalue weighted by Gasteiger charge is 2.18. The number of nitrogens with zero attached hydrogens (tertiary/aromatic N) is 2. The fourth-order valence-corrected chi connectivity index (χ4v) is 3.53. The molecule has 1 saturated heterocycles. The summed E-state index contributed by atoms with van der Waals surface area (Å²) < 4.78 is 11.4. The fourth-order valence-electron chi connectivity index (χ4n) is 2.90. The lowest BCUT2D eigenvalue weighted by Gasteiger charge is -2.34. The van der Waals surface area contributed by atoms with Gasteiger partial charge in [0.1, 0.15) is 11.6 Å². The van der Waals surface area contributed by atoms with Gasteiger partial charge >= 0.3 is 0 Å². The molecule has 1 aliphatic heterocycles. The number of likely N-dealkylation sites (N-methyl/N-ethyl adjacent to an activating group) is 1. The van der Waals surface area contributed by atoms with Crippen LogP contribution < -0.4 is 9.47 Å². The molecule has 2 aromatic carbocycles. The van der Waals surface area contributed by atoms with Crippen LogP contribution in [0, 0.1) is 0 Å². The third kappa shape index (κ3) is 5.05. The maximum absolute atomic E-state index is 6.06. The van der Waals surface area contributed by atoms with E-state index in [1.54, 1.807) is 19.2 Å². The average molecular weight is 425 g/mol. The van der Waals surface area contributed by atoms with Gasteiger partial charge in [-0.3, -0.25) is 0 Å². The first-order chi connectivity index (χ1) is 13.0. The van der Waals surface area contributed by atoms with Crippen molar-refractivity contribution >= 4 is 40.4 Å². The van der Waals surface area contributed by atoms with Gasteiger partial charge in [-0.2, -0.15) is 0 Å². The number of ether oxygens (including phenoxy) is 2. The Kier molecular flexibility index (Phi) is 6.82. The van der Waals surface area contributed by atoms with E-state index in [1.165, 1.54) is 0 Å². The minimum Gasteiger partial charge on any atom is -0.493 e. The van der Waals surface area contributed by atoms with Gasteiger partial charge < -0.3 is 19.3 Å². The molecule has 27 heavy (non-hydrogen) atoms. The summed E-state index contributed by atoms with van der Waals surface area (Å²) in [4.78, 5) is 5.39. The van der Waals surface area contributed by atoms with E-state index in [9.17, 15) is 0 Å². The second-order valence-corrected chi connectivity index (χ2v) is 7.70. The van der Waals surface area contributed by atoms with E-state index in [1.807, 2.05) is 24.3 Å². The normalized spacial score (nSPS) is 14.9. The summed E-state index contributed by atoms with van der Waals surface area (Å²) in [5.41, 5.74) is 1.90. The van der Waals surface area contributed by atoms with Gasteiger partial charge in [0.25, 0.3) is 0 Å². The van der Waals surface area contributed by atoms with E-state index in [0.29, 0.717) is 28.2 Å². The molecule has 0 atom stereocenters. The van der Waals surface area contributed by atoms with Gasteiger partial charge in [-0.1, -0.05) is 41.5 Å². The van der Waals surface area contributed by atoms with Crippen LogP contribution in [0.3, 0.4) is 0 Å². The van der Waals surface area contributed by atoms with Crippen LogP contribution in [0.5, 0.6) is 11.5 Å². The molecule has 0 spiro atoms. The zero-order valence-corrected chi connectivity index (χ0v) is 17.7. The third-order valence-corrected chi connectivity index (χ3v) is 5.81. The molecule has 1 heterocycles. The van der Waals surface area contributed by atoms with Crippen molar-refractivity contribution in [2.45, 2.75) is 6.61 Å². The molecule has 0 saturated carbocycles. The van der Waals surface area contributed by atoms with Crippen molar-refractivity contribution in [1.29, 1.82) is 0 Å². The summed E-state index contributed by atoms with van der Waals surface area (Å²) in [6.45, 7) is 4.28. The van der Waals surface area contributed by atoms with Crippen LogP contribution in [-0.4, -0.2) is 55.1 Å². The first-order valence-electron chi connectivity index (χ1n) is 8.70. The van der Waals surface area contributed by atoms with Crippen molar-refractivity contribution in [2.24, 2.45) is 0 Å². The molecule has 4 nitrogen and oxygen atoms in total. The Morgan fingerprint density at radius 1 is 1.00 bits per heavy atom. The van der Waals surface area contributed by atoms with E-state index in [0.717, 1.165) is 42.3 Å². The molecular weight excluding hydrogens is 403 g/mol. The Morgan fingerprint density at radius 3 is 2.41 bits per heavy atom. The van der Waals surface area contributed by atoms with Gasteiger partial charge in [0.2, 0.25) is 0 Å². The summed E-state index contributed by atoms with van der Waals surface area (Å²) in [6, 6.07) is 11.3. The van der Waals surface area contributed by atoms with Crippen molar-refractivity contribution < 1.29 is 9.47 Å². The van der Waals surface area contributed by atoms with Gasteiger partial charge in [0.05, 0.1) is 17.2 Å². The number of halogens is 2. The molecule has 144 valence electrons. The highest BCUT2D eigenvalue weighted by Crippen LogP contribution is 2.30. The molecule has 0 radical (unpaired) electrons. The number of benzene rings is 2. The SMILES string of the molecule is COc1cc(C(=S)N2CCN(C)CC2)ccc1OCc1ccc(Cl)c(Cl)c1. The van der Waals surface area contributed by atoms with Crippen LogP contribution >= 0.6 is 35.4 Å². The predicted molar refractivity (Wildman–Crippen MR) is 115 cm³/mol. The molecule has 0 N–H and O–H groups in total. The number of hydrogen-bond acceptors (Lipinski definition) is 4. The molecule has 2 aromatic rings. The Balaban J connectivity index is 1.70. The Labute approximate surface area is 175 Å². The van der Waals surface area contributed by atoms with Gasteiger partial charge in [-0.15, -0.1) is 0 Å². The van der Waals surface area contributed by atoms with Crippen LogP contribution in [0.4, 0.5) is 0 Å². The van der Waals surface area contributed by atoms with Crippen LogP contribution in [0.25, 0.3) is 0 Å². The molecule has 0 aliphatic carbocycles. The maximum atomic E-state index is 6.06. The summed E-state index contributed by atoms with van der Waals surface area (Å²) in [6.07, 6.45) is 0. The van der Waals surface area contributed by atoms with Crippen molar-refractivity contribution in [3.63, 3.8) is 0 Å². The highest BCUT2D eigenvalue weighted by molar-refractivity contribution is 7.80. The van der Waals surface area contributed by atoms with Crippen LogP contribution in [0.15, 0.2) is 36.4 Å². The molecule has 0 unspecified atom stereocenters. The Bertz CT molecular complexity index is 824. The monoisotopic (exact) mass is 424 g/mol. The molecule has 0 bridgehead atoms. The van der Waals surface area contributed by atoms with E-state index < -0.39 is 0 Å². The zero-order chi connectivity index (χ0) is 19.4. The van der Waals surface area contributed by atoms with Crippen molar-refractivity contribution in [1.82, 2.24) is 9.80 Å². The van der Waals surface area contributed by atoms with E-state index in [4.69, 9.17) is 44.9 Å². The predicted octanol–water partition coefficient (Wildman–Crippen LogP) is 4.50.